The van der Waals surface area contributed by atoms with Gasteiger partial charge in [0.15, 0.2) is 5.13 Å². The van der Waals surface area contributed by atoms with Crippen LogP contribution in [-0.2, 0) is 0 Å². The van der Waals surface area contributed by atoms with Gasteiger partial charge in [0, 0.05) is 21.3 Å². The molecule has 5 heteroatoms. The van der Waals surface area contributed by atoms with E-state index in [1.807, 2.05) is 72.8 Å². The van der Waals surface area contributed by atoms with Crippen molar-refractivity contribution in [3.05, 3.63) is 90.5 Å². The van der Waals surface area contributed by atoms with Gasteiger partial charge in [0.25, 0.3) is 5.91 Å². The average Bonchev–Trinajstić information content (AvgIpc) is 3.18. The highest BCUT2D eigenvalue weighted by Gasteiger charge is 2.17. The highest BCUT2D eigenvalue weighted by atomic mass is 32.2. The van der Waals surface area contributed by atoms with Gasteiger partial charge in [-0.25, -0.2) is 4.98 Å². The van der Waals surface area contributed by atoms with Crippen molar-refractivity contribution in [1.29, 1.82) is 0 Å². The maximum atomic E-state index is 12.9. The molecule has 1 N–H and O–H groups in total. The molecule has 1 heterocycles. The van der Waals surface area contributed by atoms with Gasteiger partial charge < -0.3 is 0 Å². The van der Waals surface area contributed by atoms with Crippen molar-refractivity contribution >= 4 is 34.1 Å². The molecule has 4 aromatic rings. The summed E-state index contributed by atoms with van der Waals surface area (Å²) in [7, 11) is 0. The average molecular weight is 431 g/mol. The van der Waals surface area contributed by atoms with Crippen LogP contribution in [0.15, 0.2) is 89.8 Å². The van der Waals surface area contributed by atoms with E-state index in [1.54, 1.807) is 11.8 Å². The van der Waals surface area contributed by atoms with Crippen molar-refractivity contribution in [3.63, 3.8) is 0 Å². The van der Waals surface area contributed by atoms with E-state index in [0.29, 0.717) is 15.9 Å². The Labute approximate surface area is 185 Å². The third kappa shape index (κ3) is 4.81. The van der Waals surface area contributed by atoms with Crippen LogP contribution < -0.4 is 5.32 Å². The van der Waals surface area contributed by atoms with Crippen LogP contribution in [-0.4, -0.2) is 16.1 Å². The van der Waals surface area contributed by atoms with E-state index in [0.717, 1.165) is 26.6 Å². The van der Waals surface area contributed by atoms with Crippen LogP contribution >= 0.6 is 23.1 Å². The van der Waals surface area contributed by atoms with Crippen molar-refractivity contribution in [2.24, 2.45) is 0 Å². The summed E-state index contributed by atoms with van der Waals surface area (Å²) in [6, 6.07) is 28.0. The summed E-state index contributed by atoms with van der Waals surface area (Å²) in [5.74, 6) is -0.144. The first-order chi connectivity index (χ1) is 14.6. The first-order valence-corrected chi connectivity index (χ1v) is 11.5. The lowest BCUT2D eigenvalue weighted by Gasteiger charge is -2.07. The number of carbonyl (C=O) groups is 1. The van der Waals surface area contributed by atoms with E-state index in [9.17, 15) is 4.79 Å². The van der Waals surface area contributed by atoms with Crippen molar-refractivity contribution in [2.75, 3.05) is 5.32 Å². The number of hydrogen-bond donors (Lipinski definition) is 1. The number of hydrogen-bond acceptors (Lipinski definition) is 4. The molecule has 3 nitrogen and oxygen atoms in total. The summed E-state index contributed by atoms with van der Waals surface area (Å²) in [4.78, 5) is 19.8. The minimum absolute atomic E-state index is 0.144. The summed E-state index contributed by atoms with van der Waals surface area (Å²) in [6.45, 7) is 4.28. The maximum Gasteiger partial charge on any atom is 0.257 e. The highest BCUT2D eigenvalue weighted by Crippen LogP contribution is 2.39. The van der Waals surface area contributed by atoms with E-state index in [4.69, 9.17) is 4.98 Å². The van der Waals surface area contributed by atoms with E-state index in [1.165, 1.54) is 11.3 Å². The van der Waals surface area contributed by atoms with Gasteiger partial charge in [-0.1, -0.05) is 91.9 Å². The van der Waals surface area contributed by atoms with Crippen molar-refractivity contribution in [1.82, 2.24) is 4.98 Å². The molecule has 0 aliphatic heterocycles. The Morgan fingerprint density at radius 3 is 2.23 bits per heavy atom. The van der Waals surface area contributed by atoms with Crippen LogP contribution in [0.2, 0.25) is 0 Å². The Balaban J connectivity index is 1.65. The molecule has 0 saturated heterocycles. The molecular weight excluding hydrogens is 408 g/mol. The number of thioether (sulfide) groups is 1. The van der Waals surface area contributed by atoms with Crippen LogP contribution in [0.4, 0.5) is 5.13 Å². The molecule has 1 amide bonds. The summed E-state index contributed by atoms with van der Waals surface area (Å²) >= 11 is 3.24. The van der Waals surface area contributed by atoms with E-state index < -0.39 is 0 Å². The van der Waals surface area contributed by atoms with Crippen LogP contribution in [0.1, 0.15) is 24.2 Å². The van der Waals surface area contributed by atoms with E-state index in [2.05, 4.69) is 31.3 Å². The fourth-order valence-corrected chi connectivity index (χ4v) is 4.99. The van der Waals surface area contributed by atoms with Gasteiger partial charge in [-0.15, -0.1) is 11.8 Å². The normalized spacial score (nSPS) is 10.9. The summed E-state index contributed by atoms with van der Waals surface area (Å²) in [6.07, 6.45) is 0. The van der Waals surface area contributed by atoms with E-state index in [-0.39, 0.29) is 5.91 Å². The highest BCUT2D eigenvalue weighted by molar-refractivity contribution is 7.99. The van der Waals surface area contributed by atoms with Crippen LogP contribution in [0, 0.1) is 0 Å². The van der Waals surface area contributed by atoms with Gasteiger partial charge in [-0.3, -0.25) is 10.1 Å². The van der Waals surface area contributed by atoms with Gasteiger partial charge in [0.05, 0.1) is 10.6 Å². The fraction of sp³-hybridized carbons (Fsp3) is 0.120. The number of anilines is 1. The topological polar surface area (TPSA) is 42.0 Å². The van der Waals surface area contributed by atoms with Crippen molar-refractivity contribution in [3.8, 4) is 21.7 Å². The zero-order valence-corrected chi connectivity index (χ0v) is 18.5. The number of nitrogens with one attached hydrogen (secondary N) is 1. The first kappa shape index (κ1) is 20.4. The van der Waals surface area contributed by atoms with Crippen molar-refractivity contribution < 1.29 is 4.79 Å². The molecule has 0 radical (unpaired) electrons. The van der Waals surface area contributed by atoms with Crippen LogP contribution in [0.25, 0.3) is 21.7 Å². The van der Waals surface area contributed by atoms with Crippen LogP contribution in [0.3, 0.4) is 0 Å². The smallest absolute Gasteiger partial charge is 0.257 e. The molecule has 150 valence electrons. The molecule has 0 unspecified atom stereocenters. The Morgan fingerprint density at radius 1 is 0.900 bits per heavy atom. The minimum Gasteiger partial charge on any atom is -0.298 e. The van der Waals surface area contributed by atoms with Gasteiger partial charge in [0.2, 0.25) is 0 Å². The zero-order chi connectivity index (χ0) is 20.9. The number of nitrogens with zero attached hydrogens (tertiary/aromatic N) is 1. The van der Waals surface area contributed by atoms with Gasteiger partial charge in [-0.2, -0.15) is 0 Å². The zero-order valence-electron chi connectivity index (χ0n) is 16.8. The number of benzene rings is 3. The second kappa shape index (κ2) is 9.28. The SMILES string of the molecule is CC(C)Sc1cccc(C(=O)Nc2nc(-c3ccccc3)c(-c3ccccc3)s2)c1. The number of thiazole rings is 1. The Bertz CT molecular complexity index is 1080. The number of carbonyl (C=O) groups excluding carboxylic acids is 1. The molecular formula is C25H22N2OS2. The number of aromatic nitrogens is 1. The summed E-state index contributed by atoms with van der Waals surface area (Å²) < 4.78 is 0. The predicted octanol–water partition coefficient (Wildman–Crippen LogP) is 7.23. The lowest BCUT2D eigenvalue weighted by Crippen LogP contribution is -2.11. The monoisotopic (exact) mass is 430 g/mol. The molecule has 0 spiro atoms. The molecule has 4 rings (SSSR count). The molecule has 0 bridgehead atoms. The second-order valence-corrected chi connectivity index (χ2v) is 9.73. The minimum atomic E-state index is -0.144. The quantitative estimate of drug-likeness (QED) is 0.328. The Kier molecular flexibility index (Phi) is 6.31. The van der Waals surface area contributed by atoms with Crippen LogP contribution in [0.5, 0.6) is 0 Å². The van der Waals surface area contributed by atoms with Crippen molar-refractivity contribution in [2.45, 2.75) is 24.0 Å². The standard InChI is InChI=1S/C25H22N2OS2/c1-17(2)29-21-15-9-14-20(16-21)24(28)27-25-26-22(18-10-5-3-6-11-18)23(30-25)19-12-7-4-8-13-19/h3-17H,1-2H3,(H,26,27,28). The maximum absolute atomic E-state index is 12.9. The molecule has 0 atom stereocenters. The van der Waals surface area contributed by atoms with Gasteiger partial charge in [0.1, 0.15) is 0 Å². The Morgan fingerprint density at radius 2 is 1.57 bits per heavy atom. The Hall–Kier alpha value is -2.89. The first-order valence-electron chi connectivity index (χ1n) is 9.80. The summed E-state index contributed by atoms with van der Waals surface area (Å²) in [5.41, 5.74) is 3.64. The largest absolute Gasteiger partial charge is 0.298 e. The van der Waals surface area contributed by atoms with Gasteiger partial charge >= 0.3 is 0 Å². The predicted molar refractivity (Wildman–Crippen MR) is 128 cm³/mol. The number of rotatable bonds is 6. The lowest BCUT2D eigenvalue weighted by molar-refractivity contribution is 0.102. The molecule has 0 aliphatic carbocycles. The van der Waals surface area contributed by atoms with E-state index >= 15 is 0 Å². The molecule has 30 heavy (non-hydrogen) atoms. The van der Waals surface area contributed by atoms with Gasteiger partial charge in [-0.05, 0) is 23.8 Å². The summed E-state index contributed by atoms with van der Waals surface area (Å²) in [5, 5.41) is 4.06. The molecule has 0 saturated carbocycles. The molecule has 0 aliphatic rings. The fourth-order valence-electron chi connectivity index (χ4n) is 3.10. The third-order valence-corrected chi connectivity index (χ3v) is 6.42. The molecule has 0 fully saturated rings. The molecule has 3 aromatic carbocycles. The third-order valence-electron chi connectivity index (χ3n) is 4.40. The second-order valence-electron chi connectivity index (χ2n) is 7.08. The molecule has 1 aromatic heterocycles. The lowest BCUT2D eigenvalue weighted by atomic mass is 10.1. The number of amides is 1.